The molecule has 0 aliphatic rings. The average molecular weight is 304 g/mol. The summed E-state index contributed by atoms with van der Waals surface area (Å²) < 4.78 is 1.14. The van der Waals surface area contributed by atoms with Crippen LogP contribution < -0.4 is 5.32 Å². The number of nitrogens with one attached hydrogen (secondary N) is 1. The van der Waals surface area contributed by atoms with Crippen molar-refractivity contribution in [3.8, 4) is 11.1 Å². The van der Waals surface area contributed by atoms with Crippen molar-refractivity contribution < 1.29 is 0 Å². The Bertz CT molecular complexity index is 520. The molecule has 0 saturated heterocycles. The lowest BCUT2D eigenvalue weighted by Gasteiger charge is -2.10. The number of rotatable bonds is 4. The molecule has 0 heterocycles. The standard InChI is InChI=1S/C16H18BrN/c1-12(2)18-11-13-6-5-7-14(10-13)15-8-3-4-9-16(15)17/h3-10,12,18H,11H2,1-2H3. The summed E-state index contributed by atoms with van der Waals surface area (Å²) >= 11 is 3.60. The van der Waals surface area contributed by atoms with Crippen LogP contribution >= 0.6 is 15.9 Å². The third kappa shape index (κ3) is 3.44. The fourth-order valence-electron chi connectivity index (χ4n) is 1.87. The quantitative estimate of drug-likeness (QED) is 0.869. The smallest absolute Gasteiger partial charge is 0.0253 e. The van der Waals surface area contributed by atoms with Crippen LogP contribution in [0, 0.1) is 0 Å². The third-order valence-corrected chi connectivity index (χ3v) is 3.52. The van der Waals surface area contributed by atoms with Gasteiger partial charge in [-0.25, -0.2) is 0 Å². The van der Waals surface area contributed by atoms with Gasteiger partial charge in [0.05, 0.1) is 0 Å². The maximum atomic E-state index is 3.60. The molecule has 2 aromatic rings. The van der Waals surface area contributed by atoms with Crippen molar-refractivity contribution in [2.75, 3.05) is 0 Å². The first-order valence-corrected chi connectivity index (χ1v) is 7.03. The van der Waals surface area contributed by atoms with Crippen LogP contribution in [-0.2, 0) is 6.54 Å². The van der Waals surface area contributed by atoms with Gasteiger partial charge >= 0.3 is 0 Å². The number of benzene rings is 2. The van der Waals surface area contributed by atoms with E-state index in [-0.39, 0.29) is 0 Å². The summed E-state index contributed by atoms with van der Waals surface area (Å²) in [7, 11) is 0. The highest BCUT2D eigenvalue weighted by Crippen LogP contribution is 2.28. The minimum atomic E-state index is 0.511. The molecule has 2 aromatic carbocycles. The first kappa shape index (κ1) is 13.3. The van der Waals surface area contributed by atoms with Gasteiger partial charge in [-0.15, -0.1) is 0 Å². The summed E-state index contributed by atoms with van der Waals surface area (Å²) in [5.41, 5.74) is 3.81. The summed E-state index contributed by atoms with van der Waals surface area (Å²) in [6.45, 7) is 5.24. The molecule has 0 aliphatic heterocycles. The van der Waals surface area contributed by atoms with E-state index in [1.54, 1.807) is 0 Å². The maximum absolute atomic E-state index is 3.60. The zero-order valence-corrected chi connectivity index (χ0v) is 12.4. The first-order chi connectivity index (χ1) is 8.66. The highest BCUT2D eigenvalue weighted by molar-refractivity contribution is 9.10. The highest BCUT2D eigenvalue weighted by atomic mass is 79.9. The molecule has 1 nitrogen and oxygen atoms in total. The molecule has 0 radical (unpaired) electrons. The molecule has 0 fully saturated rings. The van der Waals surface area contributed by atoms with Crippen LogP contribution in [0.2, 0.25) is 0 Å². The van der Waals surface area contributed by atoms with E-state index >= 15 is 0 Å². The lowest BCUT2D eigenvalue weighted by atomic mass is 10.0. The van der Waals surface area contributed by atoms with Crippen molar-refractivity contribution in [2.45, 2.75) is 26.4 Å². The van der Waals surface area contributed by atoms with Crippen molar-refractivity contribution in [1.82, 2.24) is 5.32 Å². The van der Waals surface area contributed by atoms with E-state index < -0.39 is 0 Å². The van der Waals surface area contributed by atoms with Gasteiger partial charge in [0.2, 0.25) is 0 Å². The van der Waals surface area contributed by atoms with Crippen LogP contribution in [0.1, 0.15) is 19.4 Å². The summed E-state index contributed by atoms with van der Waals surface area (Å²) in [5, 5.41) is 3.44. The summed E-state index contributed by atoms with van der Waals surface area (Å²) in [5.74, 6) is 0. The van der Waals surface area contributed by atoms with Gasteiger partial charge in [0, 0.05) is 17.1 Å². The fraction of sp³-hybridized carbons (Fsp3) is 0.250. The van der Waals surface area contributed by atoms with Gasteiger partial charge in [0.25, 0.3) is 0 Å². The monoisotopic (exact) mass is 303 g/mol. The van der Waals surface area contributed by atoms with Crippen molar-refractivity contribution in [2.24, 2.45) is 0 Å². The Morgan fingerprint density at radius 2 is 1.83 bits per heavy atom. The molecule has 0 unspecified atom stereocenters. The predicted molar refractivity (Wildman–Crippen MR) is 81.6 cm³/mol. The van der Waals surface area contributed by atoms with Gasteiger partial charge in [-0.1, -0.05) is 66.2 Å². The Kier molecular flexibility index (Phi) is 4.56. The van der Waals surface area contributed by atoms with Crippen LogP contribution in [0.5, 0.6) is 0 Å². The molecule has 0 aliphatic carbocycles. The van der Waals surface area contributed by atoms with E-state index in [1.165, 1.54) is 16.7 Å². The summed E-state index contributed by atoms with van der Waals surface area (Å²) in [6.07, 6.45) is 0. The second-order valence-corrected chi connectivity index (χ2v) is 5.57. The largest absolute Gasteiger partial charge is 0.310 e. The van der Waals surface area contributed by atoms with Crippen molar-refractivity contribution >= 4 is 15.9 Å². The minimum Gasteiger partial charge on any atom is -0.310 e. The van der Waals surface area contributed by atoms with E-state index in [0.717, 1.165) is 11.0 Å². The van der Waals surface area contributed by atoms with Crippen LogP contribution in [0.15, 0.2) is 53.0 Å². The summed E-state index contributed by atoms with van der Waals surface area (Å²) in [4.78, 5) is 0. The zero-order chi connectivity index (χ0) is 13.0. The Hall–Kier alpha value is -1.12. The molecule has 18 heavy (non-hydrogen) atoms. The fourth-order valence-corrected chi connectivity index (χ4v) is 2.38. The van der Waals surface area contributed by atoms with Gasteiger partial charge in [-0.2, -0.15) is 0 Å². The van der Waals surface area contributed by atoms with Gasteiger partial charge < -0.3 is 5.32 Å². The normalized spacial score (nSPS) is 10.9. The average Bonchev–Trinajstić information content (AvgIpc) is 2.37. The molecular weight excluding hydrogens is 286 g/mol. The Morgan fingerprint density at radius 3 is 2.56 bits per heavy atom. The second-order valence-electron chi connectivity index (χ2n) is 4.72. The van der Waals surface area contributed by atoms with E-state index in [9.17, 15) is 0 Å². The number of hydrogen-bond donors (Lipinski definition) is 1. The Morgan fingerprint density at radius 1 is 1.06 bits per heavy atom. The second kappa shape index (κ2) is 6.17. The molecule has 2 rings (SSSR count). The van der Waals surface area contributed by atoms with E-state index in [2.05, 4.69) is 77.6 Å². The molecule has 0 amide bonds. The SMILES string of the molecule is CC(C)NCc1cccc(-c2ccccc2Br)c1. The Balaban J connectivity index is 2.25. The first-order valence-electron chi connectivity index (χ1n) is 6.24. The molecule has 94 valence electrons. The van der Waals surface area contributed by atoms with Crippen LogP contribution in [0.25, 0.3) is 11.1 Å². The third-order valence-electron chi connectivity index (χ3n) is 2.83. The summed E-state index contributed by atoms with van der Waals surface area (Å²) in [6, 6.07) is 17.5. The van der Waals surface area contributed by atoms with Gasteiger partial charge in [0.15, 0.2) is 0 Å². The molecule has 2 heteroatoms. The van der Waals surface area contributed by atoms with E-state index in [1.807, 2.05) is 6.07 Å². The van der Waals surface area contributed by atoms with Crippen molar-refractivity contribution in [1.29, 1.82) is 0 Å². The van der Waals surface area contributed by atoms with Crippen LogP contribution in [-0.4, -0.2) is 6.04 Å². The Labute approximate surface area is 117 Å². The molecule has 0 bridgehead atoms. The molecular formula is C16H18BrN. The van der Waals surface area contributed by atoms with Crippen molar-refractivity contribution in [3.63, 3.8) is 0 Å². The van der Waals surface area contributed by atoms with E-state index in [0.29, 0.717) is 6.04 Å². The molecule has 0 spiro atoms. The molecule has 0 aromatic heterocycles. The van der Waals surface area contributed by atoms with Crippen molar-refractivity contribution in [3.05, 3.63) is 58.6 Å². The zero-order valence-electron chi connectivity index (χ0n) is 10.8. The molecule has 0 saturated carbocycles. The van der Waals surface area contributed by atoms with Gasteiger partial charge in [-0.3, -0.25) is 0 Å². The lowest BCUT2D eigenvalue weighted by molar-refractivity contribution is 0.589. The molecule has 1 N–H and O–H groups in total. The van der Waals surface area contributed by atoms with Crippen LogP contribution in [0.4, 0.5) is 0 Å². The van der Waals surface area contributed by atoms with Gasteiger partial charge in [-0.05, 0) is 28.8 Å². The predicted octanol–water partition coefficient (Wildman–Crippen LogP) is 4.61. The number of halogens is 1. The maximum Gasteiger partial charge on any atom is 0.0253 e. The lowest BCUT2D eigenvalue weighted by Crippen LogP contribution is -2.21. The van der Waals surface area contributed by atoms with Gasteiger partial charge in [0.1, 0.15) is 0 Å². The topological polar surface area (TPSA) is 12.0 Å². The van der Waals surface area contributed by atoms with E-state index in [4.69, 9.17) is 0 Å². The van der Waals surface area contributed by atoms with Crippen LogP contribution in [0.3, 0.4) is 0 Å². The highest BCUT2D eigenvalue weighted by Gasteiger charge is 2.03. The number of hydrogen-bond acceptors (Lipinski definition) is 1. The molecule has 0 atom stereocenters. The minimum absolute atomic E-state index is 0.511.